The van der Waals surface area contributed by atoms with Crippen molar-refractivity contribution in [2.24, 2.45) is 10.2 Å². The van der Waals surface area contributed by atoms with Crippen LogP contribution in [0.25, 0.3) is 10.2 Å². The van der Waals surface area contributed by atoms with E-state index in [-0.39, 0.29) is 0 Å². The van der Waals surface area contributed by atoms with Crippen molar-refractivity contribution in [3.8, 4) is 0 Å². The molecule has 1 aromatic heterocycles. The van der Waals surface area contributed by atoms with E-state index < -0.39 is 0 Å². The Labute approximate surface area is 179 Å². The first-order valence-corrected chi connectivity index (χ1v) is 10.5. The van der Waals surface area contributed by atoms with Gasteiger partial charge in [-0.3, -0.25) is 0 Å². The summed E-state index contributed by atoms with van der Waals surface area (Å²) in [5, 5.41) is 10.1. The number of aryl methyl sites for hydroxylation is 2. The molecule has 0 saturated heterocycles. The van der Waals surface area contributed by atoms with Gasteiger partial charge in [0.25, 0.3) is 0 Å². The highest BCUT2D eigenvalue weighted by atomic mass is 35.5. The van der Waals surface area contributed by atoms with Crippen molar-refractivity contribution in [1.29, 1.82) is 0 Å². The molecule has 146 valence electrons. The Morgan fingerprint density at radius 1 is 0.966 bits per heavy atom. The molecule has 0 aliphatic carbocycles. The van der Waals surface area contributed by atoms with Crippen LogP contribution in [0.1, 0.15) is 16.7 Å². The molecule has 0 radical (unpaired) electrons. The third-order valence-electron chi connectivity index (χ3n) is 4.74. The zero-order valence-corrected chi connectivity index (χ0v) is 18.1. The SMILES string of the molecule is Cc1ccc(CN(C)c2ccc(N=Nc3nc4ccc(Cl)cc4s3)c(C)c2)cc1. The second-order valence-electron chi connectivity index (χ2n) is 7.12. The molecule has 29 heavy (non-hydrogen) atoms. The van der Waals surface area contributed by atoms with Crippen LogP contribution in [-0.4, -0.2) is 12.0 Å². The fourth-order valence-electron chi connectivity index (χ4n) is 3.07. The van der Waals surface area contributed by atoms with Crippen molar-refractivity contribution in [2.45, 2.75) is 20.4 Å². The number of aromatic nitrogens is 1. The number of thiazole rings is 1. The molecular weight excluding hydrogens is 400 g/mol. The summed E-state index contributed by atoms with van der Waals surface area (Å²) in [6.45, 7) is 5.01. The highest BCUT2D eigenvalue weighted by Crippen LogP contribution is 2.32. The smallest absolute Gasteiger partial charge is 0.231 e. The number of azo groups is 1. The van der Waals surface area contributed by atoms with Crippen LogP contribution < -0.4 is 4.90 Å². The minimum absolute atomic E-state index is 0.627. The van der Waals surface area contributed by atoms with Crippen LogP contribution in [0.5, 0.6) is 0 Å². The summed E-state index contributed by atoms with van der Waals surface area (Å²) in [6.07, 6.45) is 0. The molecule has 0 aliphatic heterocycles. The molecule has 0 fully saturated rings. The number of fused-ring (bicyclic) bond motifs is 1. The van der Waals surface area contributed by atoms with Gasteiger partial charge in [0.15, 0.2) is 0 Å². The summed E-state index contributed by atoms with van der Waals surface area (Å²) in [5.41, 5.74) is 6.52. The molecule has 4 rings (SSSR count). The van der Waals surface area contributed by atoms with Gasteiger partial charge in [-0.25, -0.2) is 4.98 Å². The molecule has 0 bridgehead atoms. The van der Waals surface area contributed by atoms with E-state index in [1.807, 2.05) is 24.3 Å². The average Bonchev–Trinajstić information content (AvgIpc) is 3.10. The molecule has 0 amide bonds. The Kier molecular flexibility index (Phi) is 5.60. The lowest BCUT2D eigenvalue weighted by Crippen LogP contribution is -2.16. The van der Waals surface area contributed by atoms with Gasteiger partial charge >= 0.3 is 0 Å². The molecule has 0 unspecified atom stereocenters. The summed E-state index contributed by atoms with van der Waals surface area (Å²) in [6, 6.07) is 20.5. The molecule has 3 aromatic carbocycles. The Morgan fingerprint density at radius 2 is 1.76 bits per heavy atom. The van der Waals surface area contributed by atoms with Gasteiger partial charge in [-0.05, 0) is 61.4 Å². The van der Waals surface area contributed by atoms with Crippen LogP contribution in [-0.2, 0) is 6.54 Å². The number of hydrogen-bond donors (Lipinski definition) is 0. The van der Waals surface area contributed by atoms with Gasteiger partial charge in [0, 0.05) is 24.3 Å². The van der Waals surface area contributed by atoms with E-state index in [4.69, 9.17) is 11.6 Å². The molecule has 4 aromatic rings. The van der Waals surface area contributed by atoms with Gasteiger partial charge < -0.3 is 4.90 Å². The average molecular weight is 421 g/mol. The fraction of sp³-hybridized carbons (Fsp3) is 0.174. The summed E-state index contributed by atoms with van der Waals surface area (Å²) in [7, 11) is 2.10. The van der Waals surface area contributed by atoms with Crippen LogP contribution in [0.2, 0.25) is 5.02 Å². The second-order valence-corrected chi connectivity index (χ2v) is 8.57. The third-order valence-corrected chi connectivity index (χ3v) is 5.88. The molecule has 1 heterocycles. The minimum Gasteiger partial charge on any atom is -0.370 e. The third kappa shape index (κ3) is 4.63. The van der Waals surface area contributed by atoms with Crippen molar-refractivity contribution in [2.75, 3.05) is 11.9 Å². The highest BCUT2D eigenvalue weighted by molar-refractivity contribution is 7.21. The monoisotopic (exact) mass is 420 g/mol. The summed E-state index contributed by atoms with van der Waals surface area (Å²) >= 11 is 7.52. The van der Waals surface area contributed by atoms with Crippen LogP contribution in [0.15, 0.2) is 70.9 Å². The molecule has 0 atom stereocenters. The van der Waals surface area contributed by atoms with E-state index in [2.05, 4.69) is 77.4 Å². The molecule has 0 saturated carbocycles. The van der Waals surface area contributed by atoms with Crippen molar-refractivity contribution in [3.05, 3.63) is 82.4 Å². The van der Waals surface area contributed by atoms with Gasteiger partial charge in [0.2, 0.25) is 5.13 Å². The maximum atomic E-state index is 6.04. The predicted octanol–water partition coefficient (Wildman–Crippen LogP) is 7.62. The van der Waals surface area contributed by atoms with Crippen LogP contribution in [0, 0.1) is 13.8 Å². The highest BCUT2D eigenvalue weighted by Gasteiger charge is 2.07. The van der Waals surface area contributed by atoms with E-state index in [0.29, 0.717) is 10.2 Å². The standard InChI is InChI=1S/C23H21ClN4S/c1-15-4-6-17(7-5-15)14-28(3)19-9-11-20(16(2)12-19)26-27-23-25-21-10-8-18(24)13-22(21)29-23/h4-13H,14H2,1-3H3. The van der Waals surface area contributed by atoms with E-state index in [0.717, 1.165) is 33.7 Å². The minimum atomic E-state index is 0.627. The quantitative estimate of drug-likeness (QED) is 0.311. The van der Waals surface area contributed by atoms with Crippen LogP contribution in [0.4, 0.5) is 16.5 Å². The first-order chi connectivity index (χ1) is 14.0. The normalized spacial score (nSPS) is 11.4. The summed E-state index contributed by atoms with van der Waals surface area (Å²) < 4.78 is 1.01. The Morgan fingerprint density at radius 3 is 2.52 bits per heavy atom. The van der Waals surface area contributed by atoms with E-state index in [9.17, 15) is 0 Å². The number of benzene rings is 3. The zero-order chi connectivity index (χ0) is 20.4. The largest absolute Gasteiger partial charge is 0.370 e. The number of hydrogen-bond acceptors (Lipinski definition) is 5. The van der Waals surface area contributed by atoms with Crippen LogP contribution >= 0.6 is 22.9 Å². The maximum absolute atomic E-state index is 6.04. The van der Waals surface area contributed by atoms with E-state index in [1.165, 1.54) is 22.5 Å². The van der Waals surface area contributed by atoms with Gasteiger partial charge in [-0.2, -0.15) is 0 Å². The van der Waals surface area contributed by atoms with Crippen molar-refractivity contribution < 1.29 is 0 Å². The summed E-state index contributed by atoms with van der Waals surface area (Å²) in [5.74, 6) is 0. The van der Waals surface area contributed by atoms with Crippen molar-refractivity contribution in [1.82, 2.24) is 4.98 Å². The number of halogens is 1. The molecule has 4 nitrogen and oxygen atoms in total. The van der Waals surface area contributed by atoms with Gasteiger partial charge in [-0.15, -0.1) is 10.2 Å². The number of nitrogens with zero attached hydrogens (tertiary/aromatic N) is 4. The van der Waals surface area contributed by atoms with E-state index in [1.54, 1.807) is 0 Å². The maximum Gasteiger partial charge on any atom is 0.231 e. The second kappa shape index (κ2) is 8.31. The molecule has 6 heteroatoms. The number of anilines is 1. The zero-order valence-electron chi connectivity index (χ0n) is 16.6. The first kappa shape index (κ1) is 19.6. The molecular formula is C23H21ClN4S. The lowest BCUT2D eigenvalue weighted by atomic mass is 10.1. The van der Waals surface area contributed by atoms with Crippen LogP contribution in [0.3, 0.4) is 0 Å². The number of rotatable bonds is 5. The fourth-order valence-corrected chi connectivity index (χ4v) is 4.14. The van der Waals surface area contributed by atoms with Gasteiger partial charge in [0.1, 0.15) is 0 Å². The molecule has 0 N–H and O–H groups in total. The predicted molar refractivity (Wildman–Crippen MR) is 123 cm³/mol. The lowest BCUT2D eigenvalue weighted by Gasteiger charge is -2.20. The van der Waals surface area contributed by atoms with Crippen molar-refractivity contribution >= 4 is 49.7 Å². The molecule has 0 aliphatic rings. The van der Waals surface area contributed by atoms with Crippen molar-refractivity contribution in [3.63, 3.8) is 0 Å². The lowest BCUT2D eigenvalue weighted by molar-refractivity contribution is 0.921. The Bertz CT molecular complexity index is 1180. The first-order valence-electron chi connectivity index (χ1n) is 9.33. The Hall–Kier alpha value is -2.76. The van der Waals surface area contributed by atoms with Gasteiger partial charge in [-0.1, -0.05) is 52.8 Å². The van der Waals surface area contributed by atoms with Gasteiger partial charge in [0.05, 0.1) is 15.9 Å². The van der Waals surface area contributed by atoms with E-state index >= 15 is 0 Å². The summed E-state index contributed by atoms with van der Waals surface area (Å²) in [4.78, 5) is 6.72. The Balaban J connectivity index is 1.50. The molecule has 0 spiro atoms. The topological polar surface area (TPSA) is 40.9 Å².